The van der Waals surface area contributed by atoms with Gasteiger partial charge in [-0.1, -0.05) is 13.3 Å². The maximum absolute atomic E-state index is 11.5. The summed E-state index contributed by atoms with van der Waals surface area (Å²) in [6.45, 7) is 3.72. The molecule has 2 aliphatic carbocycles. The molecule has 0 spiro atoms. The van der Waals surface area contributed by atoms with Crippen molar-refractivity contribution in [1.29, 1.82) is 0 Å². The quantitative estimate of drug-likeness (QED) is 0.785. The van der Waals surface area contributed by atoms with Gasteiger partial charge in [-0.05, 0) is 32.1 Å². The third kappa shape index (κ3) is 2.74. The molecule has 0 heterocycles. The predicted octanol–water partition coefficient (Wildman–Crippen LogP) is 0.963. The largest absolute Gasteiger partial charge is 0.362 e. The number of nitrogens with one attached hydrogen (secondary N) is 1. The highest BCUT2D eigenvalue weighted by Gasteiger charge is 2.46. The van der Waals surface area contributed by atoms with Crippen molar-refractivity contribution in [3.05, 3.63) is 0 Å². The summed E-state index contributed by atoms with van der Waals surface area (Å²) in [7, 11) is -3.91. The molecule has 0 aromatic rings. The molecule has 1 amide bonds. The SMILES string of the molecule is CCC1CC1C(=O)NS(=O)(=O)OC1(C)CC1. The first-order valence-corrected chi connectivity index (χ1v) is 7.03. The number of hydrogen-bond acceptors (Lipinski definition) is 4. The molecule has 6 heteroatoms. The highest BCUT2D eigenvalue weighted by atomic mass is 32.2. The lowest BCUT2D eigenvalue weighted by Gasteiger charge is -2.11. The molecule has 2 saturated carbocycles. The van der Waals surface area contributed by atoms with E-state index in [1.807, 2.05) is 11.6 Å². The van der Waals surface area contributed by atoms with Crippen LogP contribution in [0.15, 0.2) is 0 Å². The average Bonchev–Trinajstić information content (AvgIpc) is 3.00. The molecule has 0 aliphatic heterocycles. The second kappa shape index (κ2) is 3.70. The van der Waals surface area contributed by atoms with Crippen LogP contribution in [0.5, 0.6) is 0 Å². The zero-order valence-corrected chi connectivity index (χ0v) is 10.3. The first-order valence-electron chi connectivity index (χ1n) is 5.62. The molecule has 0 saturated heterocycles. The van der Waals surface area contributed by atoms with Crippen molar-refractivity contribution in [3.63, 3.8) is 0 Å². The summed E-state index contributed by atoms with van der Waals surface area (Å²) >= 11 is 0. The van der Waals surface area contributed by atoms with Crippen LogP contribution in [0.1, 0.15) is 39.5 Å². The van der Waals surface area contributed by atoms with Crippen LogP contribution < -0.4 is 4.72 Å². The summed E-state index contributed by atoms with van der Waals surface area (Å²) in [4.78, 5) is 11.5. The van der Waals surface area contributed by atoms with Crippen molar-refractivity contribution in [1.82, 2.24) is 4.72 Å². The van der Waals surface area contributed by atoms with Crippen LogP contribution >= 0.6 is 0 Å². The molecular weight excluding hydrogens is 230 g/mol. The van der Waals surface area contributed by atoms with Crippen LogP contribution in [0.25, 0.3) is 0 Å². The van der Waals surface area contributed by atoms with E-state index < -0.39 is 21.8 Å². The summed E-state index contributed by atoms with van der Waals surface area (Å²) in [6.07, 6.45) is 3.15. The highest BCUT2D eigenvalue weighted by molar-refractivity contribution is 7.85. The van der Waals surface area contributed by atoms with Crippen molar-refractivity contribution in [3.8, 4) is 0 Å². The van der Waals surface area contributed by atoms with Crippen LogP contribution in [-0.4, -0.2) is 19.9 Å². The number of rotatable bonds is 5. The Labute approximate surface area is 95.8 Å². The van der Waals surface area contributed by atoms with E-state index in [1.54, 1.807) is 6.92 Å². The fraction of sp³-hybridized carbons (Fsp3) is 0.900. The first-order chi connectivity index (χ1) is 7.35. The third-order valence-corrected chi connectivity index (χ3v) is 4.35. The lowest BCUT2D eigenvalue weighted by atomic mass is 10.2. The summed E-state index contributed by atoms with van der Waals surface area (Å²) in [5.74, 6) is -0.224. The Morgan fingerprint density at radius 2 is 2.12 bits per heavy atom. The lowest BCUT2D eigenvalue weighted by Crippen LogP contribution is -2.35. The lowest BCUT2D eigenvalue weighted by molar-refractivity contribution is -0.121. The molecule has 0 aromatic heterocycles. The van der Waals surface area contributed by atoms with Gasteiger partial charge in [-0.2, -0.15) is 8.42 Å². The van der Waals surface area contributed by atoms with E-state index in [4.69, 9.17) is 4.18 Å². The maximum atomic E-state index is 11.5. The summed E-state index contributed by atoms with van der Waals surface area (Å²) in [6, 6.07) is 0. The summed E-state index contributed by atoms with van der Waals surface area (Å²) in [5.41, 5.74) is -0.584. The van der Waals surface area contributed by atoms with E-state index in [1.165, 1.54) is 0 Å². The van der Waals surface area contributed by atoms with Crippen molar-refractivity contribution in [2.75, 3.05) is 0 Å². The average molecular weight is 247 g/mol. The Balaban J connectivity index is 1.86. The molecule has 0 radical (unpaired) electrons. The molecule has 2 fully saturated rings. The van der Waals surface area contributed by atoms with Crippen molar-refractivity contribution < 1.29 is 17.4 Å². The van der Waals surface area contributed by atoms with Gasteiger partial charge in [0, 0.05) is 5.92 Å². The van der Waals surface area contributed by atoms with E-state index in [2.05, 4.69) is 0 Å². The van der Waals surface area contributed by atoms with Gasteiger partial charge in [0.15, 0.2) is 0 Å². The van der Waals surface area contributed by atoms with Crippen molar-refractivity contribution >= 4 is 16.2 Å². The number of amides is 1. The zero-order chi connectivity index (χ0) is 12.0. The van der Waals surface area contributed by atoms with Crippen LogP contribution in [0.2, 0.25) is 0 Å². The van der Waals surface area contributed by atoms with Crippen LogP contribution in [0, 0.1) is 11.8 Å². The van der Waals surface area contributed by atoms with E-state index in [0.717, 1.165) is 25.7 Å². The minimum Gasteiger partial charge on any atom is -0.274 e. The Morgan fingerprint density at radius 1 is 1.50 bits per heavy atom. The van der Waals surface area contributed by atoms with Gasteiger partial charge in [0.2, 0.25) is 5.91 Å². The van der Waals surface area contributed by atoms with Crippen LogP contribution in [0.3, 0.4) is 0 Å². The number of hydrogen-bond donors (Lipinski definition) is 1. The minimum atomic E-state index is -3.91. The first kappa shape index (κ1) is 11.9. The Bertz CT molecular complexity index is 399. The fourth-order valence-corrected chi connectivity index (χ4v) is 2.90. The molecule has 2 atom stereocenters. The number of carbonyl (C=O) groups is 1. The van der Waals surface area contributed by atoms with Gasteiger partial charge in [-0.3, -0.25) is 4.79 Å². The Kier molecular flexibility index (Phi) is 2.74. The second-order valence-corrected chi connectivity index (χ2v) is 6.24. The minimum absolute atomic E-state index is 0.143. The third-order valence-electron chi connectivity index (χ3n) is 3.27. The molecule has 0 bridgehead atoms. The Morgan fingerprint density at radius 3 is 2.56 bits per heavy atom. The normalized spacial score (nSPS) is 30.9. The maximum Gasteiger partial charge on any atom is 0.362 e. The molecular formula is C10H17NO4S. The molecule has 92 valence electrons. The van der Waals surface area contributed by atoms with E-state index >= 15 is 0 Å². The van der Waals surface area contributed by atoms with Gasteiger partial charge in [0.05, 0.1) is 5.60 Å². The highest BCUT2D eigenvalue weighted by Crippen LogP contribution is 2.42. The van der Waals surface area contributed by atoms with Crippen molar-refractivity contribution in [2.45, 2.75) is 45.1 Å². The van der Waals surface area contributed by atoms with Gasteiger partial charge in [-0.25, -0.2) is 8.91 Å². The standard InChI is InChI=1S/C10H17NO4S/c1-3-7-6-8(7)9(12)11-16(13,14)15-10(2)4-5-10/h7-8H,3-6H2,1-2H3,(H,11,12). The van der Waals surface area contributed by atoms with Gasteiger partial charge >= 0.3 is 10.3 Å². The van der Waals surface area contributed by atoms with E-state index in [-0.39, 0.29) is 5.92 Å². The smallest absolute Gasteiger partial charge is 0.274 e. The number of carbonyl (C=O) groups excluding carboxylic acids is 1. The molecule has 2 rings (SSSR count). The van der Waals surface area contributed by atoms with Gasteiger partial charge < -0.3 is 0 Å². The topological polar surface area (TPSA) is 72.5 Å². The van der Waals surface area contributed by atoms with Crippen molar-refractivity contribution in [2.24, 2.45) is 11.8 Å². The molecule has 16 heavy (non-hydrogen) atoms. The monoisotopic (exact) mass is 247 g/mol. The van der Waals surface area contributed by atoms with E-state index in [0.29, 0.717) is 5.92 Å². The van der Waals surface area contributed by atoms with Gasteiger partial charge in [-0.15, -0.1) is 0 Å². The zero-order valence-electron chi connectivity index (χ0n) is 9.52. The molecule has 2 aliphatic rings. The molecule has 5 nitrogen and oxygen atoms in total. The Hall–Kier alpha value is -0.620. The van der Waals surface area contributed by atoms with Crippen LogP contribution in [0.4, 0.5) is 0 Å². The van der Waals surface area contributed by atoms with Gasteiger partial charge in [0.1, 0.15) is 0 Å². The predicted molar refractivity (Wildman–Crippen MR) is 57.7 cm³/mol. The fourth-order valence-electron chi connectivity index (χ4n) is 1.76. The summed E-state index contributed by atoms with van der Waals surface area (Å²) in [5, 5.41) is 0. The molecule has 2 unspecified atom stereocenters. The van der Waals surface area contributed by atoms with Crippen LogP contribution in [-0.2, 0) is 19.3 Å². The van der Waals surface area contributed by atoms with Gasteiger partial charge in [0.25, 0.3) is 0 Å². The second-order valence-electron chi connectivity index (χ2n) is 4.96. The molecule has 1 N–H and O–H groups in total. The summed E-state index contributed by atoms with van der Waals surface area (Å²) < 4.78 is 29.8. The molecule has 0 aromatic carbocycles. The van der Waals surface area contributed by atoms with E-state index in [9.17, 15) is 13.2 Å².